The fourth-order valence-electron chi connectivity index (χ4n) is 2.56. The van der Waals surface area contributed by atoms with E-state index in [1.54, 1.807) is 0 Å². The van der Waals surface area contributed by atoms with Crippen molar-refractivity contribution in [3.8, 4) is 0 Å². The molecule has 0 saturated carbocycles. The van der Waals surface area contributed by atoms with E-state index in [4.69, 9.17) is 0 Å². The summed E-state index contributed by atoms with van der Waals surface area (Å²) in [5.41, 5.74) is 3.06. The summed E-state index contributed by atoms with van der Waals surface area (Å²) >= 11 is 0. The van der Waals surface area contributed by atoms with Crippen LogP contribution in [-0.2, 0) is 6.42 Å². The minimum atomic E-state index is 0.621. The Kier molecular flexibility index (Phi) is 4.34. The number of nitrogens with zero attached hydrogens (tertiary/aromatic N) is 1. The number of fused-ring (bicyclic) bond motifs is 1. The first kappa shape index (κ1) is 12.3. The molecule has 0 spiro atoms. The number of rotatable bonds is 1. The lowest BCUT2D eigenvalue weighted by Crippen LogP contribution is -2.22. The first-order valence-electron chi connectivity index (χ1n) is 5.94. The zero-order chi connectivity index (χ0) is 11.4. The van der Waals surface area contributed by atoms with Crippen molar-refractivity contribution < 1.29 is 0 Å². The third-order valence-corrected chi connectivity index (χ3v) is 3.01. The zero-order valence-electron chi connectivity index (χ0n) is 10.6. The summed E-state index contributed by atoms with van der Waals surface area (Å²) < 4.78 is 0. The number of hydrogen-bond donors (Lipinski definition) is 0. The SMILES string of the molecule is CC.CC1Cc2ccccc2C1N(C)C. The average molecular weight is 205 g/mol. The quantitative estimate of drug-likeness (QED) is 0.678. The van der Waals surface area contributed by atoms with E-state index in [0.717, 1.165) is 5.92 Å². The van der Waals surface area contributed by atoms with Crippen LogP contribution in [0.25, 0.3) is 0 Å². The fourth-order valence-corrected chi connectivity index (χ4v) is 2.56. The highest BCUT2D eigenvalue weighted by Gasteiger charge is 2.29. The van der Waals surface area contributed by atoms with Gasteiger partial charge in [-0.15, -0.1) is 0 Å². The molecule has 2 atom stereocenters. The van der Waals surface area contributed by atoms with Crippen LogP contribution in [0.4, 0.5) is 0 Å². The standard InChI is InChI=1S/C12H17N.C2H6/c1-9-8-10-6-4-5-7-11(10)12(9)13(2)3;1-2/h4-7,9,12H,8H2,1-3H3;1-2H3. The molecule has 0 fully saturated rings. The summed E-state index contributed by atoms with van der Waals surface area (Å²) in [6, 6.07) is 9.44. The van der Waals surface area contributed by atoms with Gasteiger partial charge >= 0.3 is 0 Å². The van der Waals surface area contributed by atoms with Gasteiger partial charge in [0, 0.05) is 6.04 Å². The van der Waals surface area contributed by atoms with Gasteiger partial charge in [-0.05, 0) is 37.6 Å². The van der Waals surface area contributed by atoms with E-state index in [9.17, 15) is 0 Å². The van der Waals surface area contributed by atoms with Gasteiger partial charge in [-0.25, -0.2) is 0 Å². The average Bonchev–Trinajstić information content (AvgIpc) is 2.56. The molecule has 1 nitrogen and oxygen atoms in total. The van der Waals surface area contributed by atoms with Gasteiger partial charge in [-0.3, -0.25) is 0 Å². The summed E-state index contributed by atoms with van der Waals surface area (Å²) in [4.78, 5) is 2.33. The molecular formula is C14H23N. The Hall–Kier alpha value is -0.820. The first-order valence-corrected chi connectivity index (χ1v) is 5.94. The molecule has 0 aromatic heterocycles. The Bertz CT molecular complexity index is 304. The highest BCUT2D eigenvalue weighted by Crippen LogP contribution is 2.38. The van der Waals surface area contributed by atoms with Crippen LogP contribution in [0.15, 0.2) is 24.3 Å². The Balaban J connectivity index is 0.000000531. The highest BCUT2D eigenvalue weighted by molar-refractivity contribution is 5.35. The maximum atomic E-state index is 2.34. The van der Waals surface area contributed by atoms with Crippen molar-refractivity contribution >= 4 is 0 Å². The van der Waals surface area contributed by atoms with Crippen molar-refractivity contribution in [2.24, 2.45) is 5.92 Å². The lowest BCUT2D eigenvalue weighted by Gasteiger charge is -2.24. The molecule has 2 rings (SSSR count). The molecule has 1 aliphatic rings. The molecule has 1 aliphatic carbocycles. The van der Waals surface area contributed by atoms with Gasteiger partial charge in [0.15, 0.2) is 0 Å². The van der Waals surface area contributed by atoms with E-state index in [1.807, 2.05) is 13.8 Å². The molecule has 0 bridgehead atoms. The first-order chi connectivity index (χ1) is 7.20. The monoisotopic (exact) mass is 205 g/mol. The largest absolute Gasteiger partial charge is 0.302 e. The second kappa shape index (κ2) is 5.32. The second-order valence-corrected chi connectivity index (χ2v) is 4.29. The molecule has 0 aliphatic heterocycles. The Morgan fingerprint density at radius 3 is 2.33 bits per heavy atom. The predicted molar refractivity (Wildman–Crippen MR) is 67.1 cm³/mol. The van der Waals surface area contributed by atoms with Crippen LogP contribution in [0.1, 0.15) is 37.9 Å². The minimum absolute atomic E-state index is 0.621. The summed E-state index contributed by atoms with van der Waals surface area (Å²) in [7, 11) is 4.34. The Morgan fingerprint density at radius 1 is 1.13 bits per heavy atom. The molecule has 0 N–H and O–H groups in total. The lowest BCUT2D eigenvalue weighted by atomic mass is 10.0. The van der Waals surface area contributed by atoms with Gasteiger partial charge in [0.05, 0.1) is 0 Å². The molecule has 84 valence electrons. The van der Waals surface area contributed by atoms with E-state index in [2.05, 4.69) is 50.2 Å². The molecule has 2 unspecified atom stereocenters. The molecule has 1 heteroatoms. The van der Waals surface area contributed by atoms with Crippen molar-refractivity contribution in [3.63, 3.8) is 0 Å². The van der Waals surface area contributed by atoms with Crippen LogP contribution >= 0.6 is 0 Å². The summed E-state index contributed by atoms with van der Waals surface area (Å²) in [5.74, 6) is 0.757. The topological polar surface area (TPSA) is 3.24 Å². The molecule has 1 aromatic rings. The second-order valence-electron chi connectivity index (χ2n) is 4.29. The van der Waals surface area contributed by atoms with Crippen molar-refractivity contribution in [3.05, 3.63) is 35.4 Å². The van der Waals surface area contributed by atoms with Crippen molar-refractivity contribution in [1.82, 2.24) is 4.90 Å². The summed E-state index contributed by atoms with van der Waals surface area (Å²) in [6.45, 7) is 6.34. The predicted octanol–water partition coefficient (Wildman–Crippen LogP) is 3.51. The molecule has 1 aromatic carbocycles. The third-order valence-electron chi connectivity index (χ3n) is 3.01. The van der Waals surface area contributed by atoms with Crippen molar-refractivity contribution in [2.75, 3.05) is 14.1 Å². The van der Waals surface area contributed by atoms with Crippen LogP contribution in [0.2, 0.25) is 0 Å². The Morgan fingerprint density at radius 2 is 1.73 bits per heavy atom. The van der Waals surface area contributed by atoms with Gasteiger partial charge in [0.1, 0.15) is 0 Å². The molecule has 0 amide bonds. The van der Waals surface area contributed by atoms with E-state index in [0.29, 0.717) is 6.04 Å². The number of hydrogen-bond acceptors (Lipinski definition) is 1. The van der Waals surface area contributed by atoms with Gasteiger partial charge in [0.25, 0.3) is 0 Å². The van der Waals surface area contributed by atoms with E-state index < -0.39 is 0 Å². The fraction of sp³-hybridized carbons (Fsp3) is 0.571. The smallest absolute Gasteiger partial charge is 0.0373 e. The lowest BCUT2D eigenvalue weighted by molar-refractivity contribution is 0.241. The van der Waals surface area contributed by atoms with Crippen LogP contribution in [-0.4, -0.2) is 19.0 Å². The molecule has 15 heavy (non-hydrogen) atoms. The normalized spacial score (nSPS) is 23.3. The number of benzene rings is 1. The van der Waals surface area contributed by atoms with Gasteiger partial charge in [0.2, 0.25) is 0 Å². The van der Waals surface area contributed by atoms with Crippen molar-refractivity contribution in [1.29, 1.82) is 0 Å². The third kappa shape index (κ3) is 2.40. The van der Waals surface area contributed by atoms with E-state index in [1.165, 1.54) is 17.5 Å². The van der Waals surface area contributed by atoms with Crippen LogP contribution in [0, 0.1) is 5.92 Å². The van der Waals surface area contributed by atoms with E-state index >= 15 is 0 Å². The van der Waals surface area contributed by atoms with Crippen LogP contribution in [0.5, 0.6) is 0 Å². The Labute approximate surface area is 94.1 Å². The van der Waals surface area contributed by atoms with Gasteiger partial charge in [-0.1, -0.05) is 45.0 Å². The van der Waals surface area contributed by atoms with Gasteiger partial charge < -0.3 is 4.90 Å². The maximum absolute atomic E-state index is 2.34. The molecule has 0 radical (unpaired) electrons. The van der Waals surface area contributed by atoms with Crippen LogP contribution < -0.4 is 0 Å². The summed E-state index contributed by atoms with van der Waals surface area (Å²) in [5, 5.41) is 0. The molecule has 0 saturated heterocycles. The van der Waals surface area contributed by atoms with Crippen molar-refractivity contribution in [2.45, 2.75) is 33.2 Å². The minimum Gasteiger partial charge on any atom is -0.302 e. The van der Waals surface area contributed by atoms with E-state index in [-0.39, 0.29) is 0 Å². The molecule has 0 heterocycles. The van der Waals surface area contributed by atoms with Crippen LogP contribution in [0.3, 0.4) is 0 Å². The highest BCUT2D eigenvalue weighted by atomic mass is 15.1. The maximum Gasteiger partial charge on any atom is 0.0373 e. The summed E-state index contributed by atoms with van der Waals surface area (Å²) in [6.07, 6.45) is 1.24. The zero-order valence-corrected chi connectivity index (χ0v) is 10.6. The van der Waals surface area contributed by atoms with Gasteiger partial charge in [-0.2, -0.15) is 0 Å². The molecular weight excluding hydrogens is 182 g/mol.